The Balaban J connectivity index is 1.51. The molecule has 168 valence electrons. The monoisotopic (exact) mass is 483 g/mol. The first kappa shape index (κ1) is 22.9. The Morgan fingerprint density at radius 2 is 1.82 bits per heavy atom. The maximum atomic E-state index is 14.1. The number of rotatable bonds is 7. The molecule has 0 aliphatic carbocycles. The molecule has 1 aliphatic rings. The summed E-state index contributed by atoms with van der Waals surface area (Å²) in [6, 6.07) is 19.2. The predicted octanol–water partition coefficient (Wildman–Crippen LogP) is 6.30. The zero-order valence-electron chi connectivity index (χ0n) is 17.6. The number of imide groups is 1. The zero-order chi connectivity index (χ0) is 23.4. The normalized spacial score (nSPS) is 14.8. The average molecular weight is 484 g/mol. The van der Waals surface area contributed by atoms with Gasteiger partial charge in [0.25, 0.3) is 11.1 Å². The van der Waals surface area contributed by atoms with E-state index in [1.807, 2.05) is 30.3 Å². The lowest BCUT2D eigenvalue weighted by Gasteiger charge is -2.14. The van der Waals surface area contributed by atoms with E-state index in [0.717, 1.165) is 22.2 Å². The summed E-state index contributed by atoms with van der Waals surface area (Å²) in [5.74, 6) is -0.0214. The molecule has 3 aromatic rings. The lowest BCUT2D eigenvalue weighted by atomic mass is 10.1. The number of halogens is 2. The number of hydrogen-bond donors (Lipinski definition) is 0. The highest BCUT2D eigenvalue weighted by molar-refractivity contribution is 8.18. The molecule has 8 heteroatoms. The van der Waals surface area contributed by atoms with Crippen LogP contribution in [0.4, 0.5) is 9.18 Å². The summed E-state index contributed by atoms with van der Waals surface area (Å²) in [6.07, 6.45) is 1.59. The van der Waals surface area contributed by atoms with Crippen LogP contribution in [-0.2, 0) is 17.9 Å². The van der Waals surface area contributed by atoms with Crippen LogP contribution in [0.3, 0.4) is 0 Å². The summed E-state index contributed by atoms with van der Waals surface area (Å²) in [5, 5.41) is -0.325. The first-order chi connectivity index (χ1) is 16.0. The number of hydrogen-bond acceptors (Lipinski definition) is 5. The van der Waals surface area contributed by atoms with E-state index < -0.39 is 17.0 Å². The Labute approximate surface area is 199 Å². The van der Waals surface area contributed by atoms with Crippen molar-refractivity contribution >= 4 is 40.6 Å². The molecule has 1 saturated heterocycles. The number of thioether (sulfide) groups is 1. The maximum absolute atomic E-state index is 14.1. The van der Waals surface area contributed by atoms with Crippen LogP contribution in [-0.4, -0.2) is 23.2 Å². The molecular formula is C25H19ClFNO4S. The van der Waals surface area contributed by atoms with Crippen molar-refractivity contribution in [1.29, 1.82) is 0 Å². The third kappa shape index (κ3) is 5.21. The number of carbonyl (C=O) groups excluding carboxylic acids is 2. The maximum Gasteiger partial charge on any atom is 0.293 e. The van der Waals surface area contributed by atoms with Crippen molar-refractivity contribution in [1.82, 2.24) is 4.90 Å². The smallest absolute Gasteiger partial charge is 0.293 e. The summed E-state index contributed by atoms with van der Waals surface area (Å²) < 4.78 is 25.4. The van der Waals surface area contributed by atoms with Gasteiger partial charge in [-0.2, -0.15) is 0 Å². The average Bonchev–Trinajstić information content (AvgIpc) is 3.08. The Hall–Kier alpha value is -3.29. The van der Waals surface area contributed by atoms with Crippen LogP contribution >= 0.6 is 23.4 Å². The lowest BCUT2D eigenvalue weighted by molar-refractivity contribution is -0.123. The minimum absolute atomic E-state index is 0.101. The number of amides is 2. The van der Waals surface area contributed by atoms with Crippen LogP contribution in [0.25, 0.3) is 6.08 Å². The first-order valence-electron chi connectivity index (χ1n) is 9.99. The van der Waals surface area contributed by atoms with E-state index in [4.69, 9.17) is 21.1 Å². The van der Waals surface area contributed by atoms with Gasteiger partial charge in [-0.3, -0.25) is 14.5 Å². The second kappa shape index (κ2) is 10.1. The molecule has 0 aromatic heterocycles. The Morgan fingerprint density at radius 3 is 2.55 bits per heavy atom. The van der Waals surface area contributed by atoms with E-state index in [1.54, 1.807) is 24.3 Å². The van der Waals surface area contributed by atoms with E-state index in [-0.39, 0.29) is 22.0 Å². The fraction of sp³-hybridized carbons (Fsp3) is 0.120. The summed E-state index contributed by atoms with van der Waals surface area (Å²) in [6.45, 7) is 0.150. The SMILES string of the molecule is COc1cc(C=C2SC(=O)N(Cc3c(F)cccc3Cl)C2=O)ccc1OCc1ccccc1. The van der Waals surface area contributed by atoms with Crippen LogP contribution in [0, 0.1) is 5.82 Å². The Morgan fingerprint density at radius 1 is 1.03 bits per heavy atom. The fourth-order valence-electron chi connectivity index (χ4n) is 3.26. The van der Waals surface area contributed by atoms with Crippen molar-refractivity contribution in [3.05, 3.63) is 99.2 Å². The van der Waals surface area contributed by atoms with E-state index in [1.165, 1.54) is 25.3 Å². The third-order valence-electron chi connectivity index (χ3n) is 4.97. The topological polar surface area (TPSA) is 55.8 Å². The molecule has 0 atom stereocenters. The molecule has 2 amide bonds. The van der Waals surface area contributed by atoms with E-state index in [0.29, 0.717) is 23.7 Å². The number of carbonyl (C=O) groups is 2. The van der Waals surface area contributed by atoms with Gasteiger partial charge in [-0.15, -0.1) is 0 Å². The molecular weight excluding hydrogens is 465 g/mol. The molecule has 1 heterocycles. The van der Waals surface area contributed by atoms with Crippen molar-refractivity contribution in [2.45, 2.75) is 13.2 Å². The highest BCUT2D eigenvalue weighted by atomic mass is 35.5. The molecule has 4 rings (SSSR count). The number of ether oxygens (including phenoxy) is 2. The molecule has 0 unspecified atom stereocenters. The summed E-state index contributed by atoms with van der Waals surface area (Å²) in [5.41, 5.74) is 1.78. The van der Waals surface area contributed by atoms with Gasteiger partial charge in [-0.1, -0.05) is 54.1 Å². The fourth-order valence-corrected chi connectivity index (χ4v) is 4.32. The van der Waals surface area contributed by atoms with Crippen LogP contribution < -0.4 is 9.47 Å². The molecule has 0 N–H and O–H groups in total. The molecule has 1 fully saturated rings. The highest BCUT2D eigenvalue weighted by Gasteiger charge is 2.36. The largest absolute Gasteiger partial charge is 0.493 e. The van der Waals surface area contributed by atoms with Gasteiger partial charge in [0.15, 0.2) is 11.5 Å². The molecule has 1 aliphatic heterocycles. The second-order valence-corrected chi connectivity index (χ2v) is 8.55. The van der Waals surface area contributed by atoms with Gasteiger partial charge in [0.05, 0.1) is 18.6 Å². The molecule has 0 saturated carbocycles. The molecule has 33 heavy (non-hydrogen) atoms. The number of nitrogens with zero attached hydrogens (tertiary/aromatic N) is 1. The van der Waals surface area contributed by atoms with Crippen molar-refractivity contribution in [2.24, 2.45) is 0 Å². The van der Waals surface area contributed by atoms with Crippen molar-refractivity contribution in [3.8, 4) is 11.5 Å². The molecule has 3 aromatic carbocycles. The highest BCUT2D eigenvalue weighted by Crippen LogP contribution is 2.36. The van der Waals surface area contributed by atoms with Gasteiger partial charge in [0.1, 0.15) is 12.4 Å². The third-order valence-corrected chi connectivity index (χ3v) is 6.24. The minimum atomic E-state index is -0.568. The van der Waals surface area contributed by atoms with Gasteiger partial charge < -0.3 is 9.47 Å². The van der Waals surface area contributed by atoms with Gasteiger partial charge in [-0.05, 0) is 53.2 Å². The molecule has 0 radical (unpaired) electrons. The summed E-state index contributed by atoms with van der Waals surface area (Å²) >= 11 is 6.84. The lowest BCUT2D eigenvalue weighted by Crippen LogP contribution is -2.28. The summed E-state index contributed by atoms with van der Waals surface area (Å²) in [4.78, 5) is 26.5. The molecule has 0 spiro atoms. The van der Waals surface area contributed by atoms with Gasteiger partial charge in [0, 0.05) is 10.6 Å². The molecule has 0 bridgehead atoms. The van der Waals surface area contributed by atoms with Crippen LogP contribution in [0.15, 0.2) is 71.6 Å². The second-order valence-electron chi connectivity index (χ2n) is 7.15. The quantitative estimate of drug-likeness (QED) is 0.369. The first-order valence-corrected chi connectivity index (χ1v) is 11.2. The molecule has 5 nitrogen and oxygen atoms in total. The van der Waals surface area contributed by atoms with Crippen LogP contribution in [0.2, 0.25) is 5.02 Å². The van der Waals surface area contributed by atoms with Crippen LogP contribution in [0.5, 0.6) is 11.5 Å². The summed E-state index contributed by atoms with van der Waals surface area (Å²) in [7, 11) is 1.53. The van der Waals surface area contributed by atoms with Crippen molar-refractivity contribution < 1.29 is 23.5 Å². The Kier molecular flexibility index (Phi) is 7.01. The zero-order valence-corrected chi connectivity index (χ0v) is 19.2. The van der Waals surface area contributed by atoms with Gasteiger partial charge in [-0.25, -0.2) is 4.39 Å². The van der Waals surface area contributed by atoms with Crippen molar-refractivity contribution in [2.75, 3.05) is 7.11 Å². The van der Waals surface area contributed by atoms with E-state index in [2.05, 4.69) is 0 Å². The van der Waals surface area contributed by atoms with E-state index in [9.17, 15) is 14.0 Å². The number of methoxy groups -OCH3 is 1. The Bertz CT molecular complexity index is 1210. The van der Waals surface area contributed by atoms with E-state index >= 15 is 0 Å². The number of benzene rings is 3. The minimum Gasteiger partial charge on any atom is -0.493 e. The van der Waals surface area contributed by atoms with Crippen molar-refractivity contribution in [3.63, 3.8) is 0 Å². The standard InChI is InChI=1S/C25H19ClFNO4S/c1-31-22-12-17(10-11-21(22)32-15-16-6-3-2-4-7-16)13-23-24(29)28(25(30)33-23)14-18-19(26)8-5-9-20(18)27/h2-13H,14-15H2,1H3. The van der Waals surface area contributed by atoms with Gasteiger partial charge in [0.2, 0.25) is 0 Å². The van der Waals surface area contributed by atoms with Gasteiger partial charge >= 0.3 is 0 Å². The van der Waals surface area contributed by atoms with Crippen LogP contribution in [0.1, 0.15) is 16.7 Å². The predicted molar refractivity (Wildman–Crippen MR) is 127 cm³/mol.